The number of anilines is 1. The van der Waals surface area contributed by atoms with Crippen LogP contribution in [-0.4, -0.2) is 40.8 Å². The molecule has 2 heterocycles. The molecule has 12 heteroatoms. The van der Waals surface area contributed by atoms with Crippen LogP contribution in [0.1, 0.15) is 16.1 Å². The van der Waals surface area contributed by atoms with E-state index in [4.69, 9.17) is 4.74 Å². The Hall–Kier alpha value is -5.39. The first-order valence-electron chi connectivity index (χ1n) is 11.1. The van der Waals surface area contributed by atoms with E-state index in [-0.39, 0.29) is 29.5 Å². The molecule has 1 N–H and O–H groups in total. The normalized spacial score (nSPS) is 10.7. The molecule has 37 heavy (non-hydrogen) atoms. The second-order valence-corrected chi connectivity index (χ2v) is 8.08. The molecule has 3 aromatic carbocycles. The summed E-state index contributed by atoms with van der Waals surface area (Å²) in [6.07, 6.45) is 1.60. The number of nitro benzene ring substituents is 1. The second-order valence-electron chi connectivity index (χ2n) is 8.08. The van der Waals surface area contributed by atoms with Crippen molar-refractivity contribution in [3.05, 3.63) is 106 Å². The van der Waals surface area contributed by atoms with Gasteiger partial charge in [0.15, 0.2) is 12.4 Å². The lowest BCUT2D eigenvalue weighted by Gasteiger charge is -2.09. The third-order valence-corrected chi connectivity index (χ3v) is 5.21. The number of benzene rings is 3. The lowest BCUT2D eigenvalue weighted by atomic mass is 10.2. The monoisotopic (exact) mass is 496 g/mol. The summed E-state index contributed by atoms with van der Waals surface area (Å²) in [5, 5.41) is 30.7. The van der Waals surface area contributed by atoms with Crippen LogP contribution in [0.3, 0.4) is 0 Å². The van der Waals surface area contributed by atoms with Gasteiger partial charge in [-0.05, 0) is 35.9 Å². The Labute approximate surface area is 210 Å². The van der Waals surface area contributed by atoms with Gasteiger partial charge < -0.3 is 10.1 Å². The van der Waals surface area contributed by atoms with Gasteiger partial charge in [-0.2, -0.15) is 5.10 Å². The number of nitrogens with zero attached hydrogens (tertiary/aromatic N) is 7. The average Bonchev–Trinajstić information content (AvgIpc) is 3.55. The average molecular weight is 496 g/mol. The number of carbonyl (C=O) groups excluding carboxylic acids is 1. The number of non-ortho nitro benzene ring substituents is 1. The van der Waals surface area contributed by atoms with Crippen LogP contribution in [0.15, 0.2) is 85.1 Å². The number of hydrogen-bond acceptors (Lipinski definition) is 8. The van der Waals surface area contributed by atoms with E-state index < -0.39 is 10.8 Å². The number of amides is 1. The smallest absolute Gasteiger partial charge is 0.276 e. The number of carbonyl (C=O) groups is 1. The highest BCUT2D eigenvalue weighted by Gasteiger charge is 2.16. The first-order chi connectivity index (χ1) is 17.9. The summed E-state index contributed by atoms with van der Waals surface area (Å²) in [7, 11) is 0. The predicted molar refractivity (Wildman–Crippen MR) is 133 cm³/mol. The van der Waals surface area contributed by atoms with Gasteiger partial charge >= 0.3 is 0 Å². The summed E-state index contributed by atoms with van der Waals surface area (Å²) >= 11 is 0. The molecule has 5 rings (SSSR count). The minimum absolute atomic E-state index is 0.107. The van der Waals surface area contributed by atoms with Crippen LogP contribution < -0.4 is 10.1 Å². The molecule has 0 radical (unpaired) electrons. The van der Waals surface area contributed by atoms with Crippen molar-refractivity contribution in [2.75, 3.05) is 5.32 Å². The van der Waals surface area contributed by atoms with E-state index in [1.165, 1.54) is 33.7 Å². The molecule has 0 bridgehead atoms. The van der Waals surface area contributed by atoms with E-state index in [2.05, 4.69) is 25.8 Å². The number of tetrazole rings is 1. The van der Waals surface area contributed by atoms with E-state index in [1.807, 2.05) is 49.4 Å². The number of hydrogen-bond donors (Lipinski definition) is 1. The molecule has 2 aromatic heterocycles. The Bertz CT molecular complexity index is 1580. The number of aryl methyl sites for hydroxylation is 1. The van der Waals surface area contributed by atoms with Crippen LogP contribution >= 0.6 is 0 Å². The molecule has 12 nitrogen and oxygen atoms in total. The van der Waals surface area contributed by atoms with Crippen molar-refractivity contribution in [2.24, 2.45) is 0 Å². The molecule has 0 fully saturated rings. The van der Waals surface area contributed by atoms with Gasteiger partial charge in [0.2, 0.25) is 5.82 Å². The molecule has 0 aliphatic carbocycles. The topological polar surface area (TPSA) is 143 Å². The number of nitrogens with one attached hydrogen (secondary N) is 1. The molecule has 184 valence electrons. The zero-order chi connectivity index (χ0) is 25.8. The van der Waals surface area contributed by atoms with Crippen molar-refractivity contribution >= 4 is 17.3 Å². The highest BCUT2D eigenvalue weighted by molar-refractivity contribution is 6.03. The Morgan fingerprint density at radius 3 is 2.62 bits per heavy atom. The Balaban J connectivity index is 1.29. The fraction of sp³-hybridized carbons (Fsp3) is 0.0800. The molecule has 0 atom stereocenters. The van der Waals surface area contributed by atoms with Gasteiger partial charge in [-0.25, -0.2) is 4.68 Å². The zero-order valence-corrected chi connectivity index (χ0v) is 19.6. The highest BCUT2D eigenvalue weighted by atomic mass is 16.6. The van der Waals surface area contributed by atoms with Gasteiger partial charge in [-0.1, -0.05) is 42.5 Å². The molecule has 1 amide bonds. The van der Waals surface area contributed by atoms with Crippen molar-refractivity contribution in [3.63, 3.8) is 0 Å². The summed E-state index contributed by atoms with van der Waals surface area (Å²) in [5.41, 5.74) is 1.89. The lowest BCUT2D eigenvalue weighted by molar-refractivity contribution is -0.384. The number of nitro groups is 1. The largest absolute Gasteiger partial charge is 0.457 e. The van der Waals surface area contributed by atoms with Crippen LogP contribution in [0.2, 0.25) is 0 Å². The minimum Gasteiger partial charge on any atom is -0.457 e. The van der Waals surface area contributed by atoms with Crippen LogP contribution in [0, 0.1) is 17.0 Å². The summed E-state index contributed by atoms with van der Waals surface area (Å²) in [6.45, 7) is 2.05. The maximum Gasteiger partial charge on any atom is 0.276 e. The van der Waals surface area contributed by atoms with Crippen LogP contribution in [0.4, 0.5) is 11.4 Å². The van der Waals surface area contributed by atoms with E-state index in [0.717, 1.165) is 11.1 Å². The second kappa shape index (κ2) is 10.1. The van der Waals surface area contributed by atoms with Crippen LogP contribution in [-0.2, 0) is 6.67 Å². The molecule has 0 unspecified atom stereocenters. The van der Waals surface area contributed by atoms with Gasteiger partial charge in [0, 0.05) is 23.9 Å². The molecule has 0 aliphatic heterocycles. The van der Waals surface area contributed by atoms with Crippen molar-refractivity contribution in [1.82, 2.24) is 30.0 Å². The highest BCUT2D eigenvalue weighted by Crippen LogP contribution is 2.30. The summed E-state index contributed by atoms with van der Waals surface area (Å²) in [5.74, 6) is 0.665. The van der Waals surface area contributed by atoms with Crippen molar-refractivity contribution in [1.29, 1.82) is 0 Å². The Morgan fingerprint density at radius 2 is 1.84 bits per heavy atom. The SMILES string of the molecule is Cc1cccc(Oc2cc(NC(=O)c3ccn(Cn4nnc(-c5ccccc5)n4)n3)cc([N+](=O)[O-])c2)c1. The van der Waals surface area contributed by atoms with Gasteiger partial charge in [0.1, 0.15) is 11.5 Å². The fourth-order valence-electron chi connectivity index (χ4n) is 3.53. The standard InChI is InChI=1S/C25H20N8O4/c1-17-6-5-9-21(12-17)37-22-14-19(13-20(15-22)33(35)36)26-25(34)23-10-11-31(28-23)16-32-29-24(27-30-32)18-7-3-2-4-8-18/h2-15H,16H2,1H3,(H,26,34). The summed E-state index contributed by atoms with van der Waals surface area (Å²) < 4.78 is 7.26. The predicted octanol–water partition coefficient (Wildman–Crippen LogP) is 4.30. The third-order valence-electron chi connectivity index (χ3n) is 5.21. The number of aromatic nitrogens is 6. The van der Waals surface area contributed by atoms with Gasteiger partial charge in [-0.15, -0.1) is 15.0 Å². The molecule has 0 spiro atoms. The molecule has 0 aliphatic rings. The zero-order valence-electron chi connectivity index (χ0n) is 19.6. The molecular weight excluding hydrogens is 476 g/mol. The Morgan fingerprint density at radius 1 is 1.00 bits per heavy atom. The quantitative estimate of drug-likeness (QED) is 0.247. The van der Waals surface area contributed by atoms with E-state index in [1.54, 1.807) is 18.3 Å². The van der Waals surface area contributed by atoms with Crippen LogP contribution in [0.25, 0.3) is 11.4 Å². The lowest BCUT2D eigenvalue weighted by Crippen LogP contribution is -2.16. The van der Waals surface area contributed by atoms with Gasteiger partial charge in [0.25, 0.3) is 11.6 Å². The first-order valence-corrected chi connectivity index (χ1v) is 11.1. The molecule has 0 saturated heterocycles. The number of ether oxygens (including phenoxy) is 1. The van der Waals surface area contributed by atoms with Crippen LogP contribution in [0.5, 0.6) is 11.5 Å². The van der Waals surface area contributed by atoms with E-state index in [9.17, 15) is 14.9 Å². The Kier molecular flexibility index (Phi) is 6.36. The summed E-state index contributed by atoms with van der Waals surface area (Å²) in [4.78, 5) is 25.1. The van der Waals surface area contributed by atoms with Crippen molar-refractivity contribution in [2.45, 2.75) is 13.6 Å². The molecule has 5 aromatic rings. The van der Waals surface area contributed by atoms with Crippen molar-refractivity contribution in [3.8, 4) is 22.9 Å². The fourth-order valence-corrected chi connectivity index (χ4v) is 3.53. The first kappa shape index (κ1) is 23.4. The third kappa shape index (κ3) is 5.65. The van der Waals surface area contributed by atoms with Gasteiger partial charge in [0.05, 0.1) is 16.7 Å². The maximum atomic E-state index is 12.8. The van der Waals surface area contributed by atoms with E-state index in [0.29, 0.717) is 11.6 Å². The maximum absolute atomic E-state index is 12.8. The van der Waals surface area contributed by atoms with E-state index >= 15 is 0 Å². The molecule has 0 saturated carbocycles. The van der Waals surface area contributed by atoms with Gasteiger partial charge in [-0.3, -0.25) is 14.9 Å². The van der Waals surface area contributed by atoms with Crippen molar-refractivity contribution < 1.29 is 14.5 Å². The summed E-state index contributed by atoms with van der Waals surface area (Å²) in [6, 6.07) is 22.3. The number of rotatable bonds is 8. The molecular formula is C25H20N8O4. The minimum atomic E-state index is -0.553.